The molecule has 0 saturated heterocycles. The number of aromatic hydroxyl groups is 1. The summed E-state index contributed by atoms with van der Waals surface area (Å²) in [6, 6.07) is 9.43. The van der Waals surface area contributed by atoms with E-state index in [1.54, 1.807) is 6.07 Å². The predicted molar refractivity (Wildman–Crippen MR) is 78.9 cm³/mol. The van der Waals surface area contributed by atoms with E-state index in [0.29, 0.717) is 0 Å². The first-order chi connectivity index (χ1) is 10.3. The van der Waals surface area contributed by atoms with Crippen molar-refractivity contribution in [2.24, 2.45) is 0 Å². The van der Waals surface area contributed by atoms with Crippen LogP contribution in [0.4, 0.5) is 13.2 Å². The molecule has 2 N–H and O–H groups in total. The summed E-state index contributed by atoms with van der Waals surface area (Å²) in [5.41, 5.74) is -0.570. The van der Waals surface area contributed by atoms with Crippen molar-refractivity contribution in [2.75, 3.05) is 0 Å². The number of phenols is 1. The van der Waals surface area contributed by atoms with E-state index >= 15 is 0 Å². The van der Waals surface area contributed by atoms with Gasteiger partial charge in [-0.15, -0.1) is 0 Å². The summed E-state index contributed by atoms with van der Waals surface area (Å²) in [4.78, 5) is 12.0. The molecule has 0 spiro atoms. The third kappa shape index (κ3) is 4.04. The maximum absolute atomic E-state index is 12.9. The molecule has 0 aromatic heterocycles. The van der Waals surface area contributed by atoms with Gasteiger partial charge in [0.1, 0.15) is 0 Å². The molecule has 1 amide bonds. The molecular formula is C15H13AsF3NO2. The van der Waals surface area contributed by atoms with Gasteiger partial charge in [0.25, 0.3) is 0 Å². The summed E-state index contributed by atoms with van der Waals surface area (Å²) in [6.07, 6.45) is -4.47. The number of carbonyl (C=O) groups excluding carboxylic acids is 1. The molecule has 0 radical (unpaired) electrons. The van der Waals surface area contributed by atoms with E-state index in [9.17, 15) is 23.1 Å². The van der Waals surface area contributed by atoms with Gasteiger partial charge in [0.15, 0.2) is 0 Å². The van der Waals surface area contributed by atoms with Gasteiger partial charge in [0.05, 0.1) is 0 Å². The fraction of sp³-hybridized carbons (Fsp3) is 0.133. The van der Waals surface area contributed by atoms with E-state index in [4.69, 9.17) is 0 Å². The van der Waals surface area contributed by atoms with Gasteiger partial charge < -0.3 is 0 Å². The van der Waals surface area contributed by atoms with E-state index in [-0.39, 0.29) is 23.4 Å². The van der Waals surface area contributed by atoms with Gasteiger partial charge in [-0.1, -0.05) is 0 Å². The van der Waals surface area contributed by atoms with Gasteiger partial charge in [-0.3, -0.25) is 0 Å². The van der Waals surface area contributed by atoms with Crippen molar-refractivity contribution in [3.05, 3.63) is 59.2 Å². The van der Waals surface area contributed by atoms with Crippen molar-refractivity contribution in [3.63, 3.8) is 0 Å². The van der Waals surface area contributed by atoms with Crippen LogP contribution in [0.5, 0.6) is 5.75 Å². The maximum atomic E-state index is 12.9. The number of hydrogen-bond acceptors (Lipinski definition) is 2. The number of alkyl halides is 3. The molecule has 0 saturated carbocycles. The van der Waals surface area contributed by atoms with E-state index in [1.807, 2.05) is 0 Å². The normalized spacial score (nSPS) is 11.3. The minimum atomic E-state index is -4.47. The zero-order chi connectivity index (χ0) is 16.3. The van der Waals surface area contributed by atoms with Crippen LogP contribution < -0.4 is 9.67 Å². The van der Waals surface area contributed by atoms with Gasteiger partial charge in [0, 0.05) is 0 Å². The Morgan fingerprint density at radius 3 is 2.50 bits per heavy atom. The van der Waals surface area contributed by atoms with Crippen LogP contribution in [-0.2, 0) is 12.7 Å². The van der Waals surface area contributed by atoms with E-state index in [1.165, 1.54) is 47.2 Å². The molecule has 0 heterocycles. The molecule has 116 valence electrons. The van der Waals surface area contributed by atoms with Crippen molar-refractivity contribution >= 4 is 27.1 Å². The van der Waals surface area contributed by atoms with Crippen LogP contribution in [0.1, 0.15) is 21.5 Å². The second kappa shape index (κ2) is 6.44. The first-order valence-corrected chi connectivity index (χ1v) is 7.51. The fourth-order valence-corrected chi connectivity index (χ4v) is 2.73. The number of halogens is 3. The molecule has 2 aromatic carbocycles. The third-order valence-electron chi connectivity index (χ3n) is 2.96. The van der Waals surface area contributed by atoms with Crippen molar-refractivity contribution in [3.8, 4) is 5.75 Å². The summed E-state index contributed by atoms with van der Waals surface area (Å²) in [5.74, 6) is -0.588. The number of nitrogens with one attached hydrogen (secondary N) is 1. The Kier molecular flexibility index (Phi) is 4.81. The van der Waals surface area contributed by atoms with E-state index < -0.39 is 17.6 Å². The molecule has 2 aromatic rings. The Hall–Kier alpha value is -1.94. The molecule has 22 heavy (non-hydrogen) atoms. The molecule has 7 heteroatoms. The Morgan fingerprint density at radius 1 is 1.18 bits per heavy atom. The number of amides is 1. The number of carbonyl (C=O) groups is 1. The Labute approximate surface area is 133 Å². The number of hydrogen-bond donors (Lipinski definition) is 2. The summed E-state index contributed by atoms with van der Waals surface area (Å²) in [6.45, 7) is -0.242. The van der Waals surface area contributed by atoms with Crippen LogP contribution in [0.25, 0.3) is 0 Å². The van der Waals surface area contributed by atoms with Gasteiger partial charge in [-0.05, 0) is 0 Å². The quantitative estimate of drug-likeness (QED) is 0.806. The summed E-state index contributed by atoms with van der Waals surface area (Å²) >= 11 is 1.23. The van der Waals surface area contributed by atoms with Gasteiger partial charge in [-0.25, -0.2) is 0 Å². The number of rotatable bonds is 3. The van der Waals surface area contributed by atoms with Crippen LogP contribution in [0.3, 0.4) is 0 Å². The molecule has 1 atom stereocenters. The standard InChI is InChI=1S/C15H13AsF3NO2/c16-11-5-10(6-12(21)7-11)14(22)20-8-9-3-1-2-4-13(9)15(17,18)19/h1-7,21H,8,16H2,(H,20,22). The summed E-state index contributed by atoms with van der Waals surface area (Å²) in [7, 11) is 0. The average Bonchev–Trinajstić information content (AvgIpc) is 2.43. The molecule has 0 fully saturated rings. The average molecular weight is 371 g/mol. The first-order valence-electron chi connectivity index (χ1n) is 6.30. The van der Waals surface area contributed by atoms with Crippen molar-refractivity contribution in [1.29, 1.82) is 0 Å². The van der Waals surface area contributed by atoms with Crippen LogP contribution >= 0.6 is 0 Å². The third-order valence-corrected chi connectivity index (χ3v) is 3.66. The zero-order valence-corrected chi connectivity index (χ0v) is 13.7. The molecule has 0 aliphatic heterocycles. The number of benzene rings is 2. The molecule has 0 bridgehead atoms. The SMILES string of the molecule is O=C(NCc1ccccc1C(F)(F)F)c1cc(O)cc([AsH2])c1. The second-order valence-electron chi connectivity index (χ2n) is 4.65. The summed E-state index contributed by atoms with van der Waals surface area (Å²) in [5, 5.41) is 11.9. The molecular weight excluding hydrogens is 358 g/mol. The monoisotopic (exact) mass is 371 g/mol. The molecule has 3 nitrogen and oxygen atoms in total. The summed E-state index contributed by atoms with van der Waals surface area (Å²) < 4.78 is 39.3. The molecule has 1 unspecified atom stereocenters. The topological polar surface area (TPSA) is 49.3 Å². The van der Waals surface area contributed by atoms with Crippen molar-refractivity contribution in [1.82, 2.24) is 5.32 Å². The Balaban J connectivity index is 2.15. The van der Waals surface area contributed by atoms with Gasteiger partial charge in [-0.2, -0.15) is 0 Å². The van der Waals surface area contributed by atoms with Crippen LogP contribution in [-0.4, -0.2) is 27.9 Å². The minimum absolute atomic E-state index is 0.00977. The Morgan fingerprint density at radius 2 is 1.86 bits per heavy atom. The molecule has 0 aliphatic carbocycles. The van der Waals surface area contributed by atoms with Crippen LogP contribution in [0, 0.1) is 0 Å². The van der Waals surface area contributed by atoms with Crippen LogP contribution in [0.15, 0.2) is 42.5 Å². The molecule has 2 rings (SSSR count). The van der Waals surface area contributed by atoms with Crippen molar-refractivity contribution < 1.29 is 23.1 Å². The fourth-order valence-electron chi connectivity index (χ4n) is 1.99. The predicted octanol–water partition coefficient (Wildman–Crippen LogP) is 1.60. The Bertz CT molecular complexity index is 681. The zero-order valence-electron chi connectivity index (χ0n) is 11.3. The van der Waals surface area contributed by atoms with E-state index in [2.05, 4.69) is 5.32 Å². The van der Waals surface area contributed by atoms with Crippen molar-refractivity contribution in [2.45, 2.75) is 12.7 Å². The second-order valence-corrected chi connectivity index (χ2v) is 6.05. The molecule has 0 aliphatic rings. The van der Waals surface area contributed by atoms with Gasteiger partial charge in [0.2, 0.25) is 0 Å². The number of phenolic OH excluding ortho intramolecular Hbond substituents is 1. The van der Waals surface area contributed by atoms with E-state index in [0.717, 1.165) is 10.4 Å². The first kappa shape index (κ1) is 16.4. The van der Waals surface area contributed by atoms with Crippen LogP contribution in [0.2, 0.25) is 0 Å². The van der Waals surface area contributed by atoms with Gasteiger partial charge >= 0.3 is 133 Å².